The summed E-state index contributed by atoms with van der Waals surface area (Å²) in [6.07, 6.45) is 10.6. The van der Waals surface area contributed by atoms with Crippen LogP contribution in [0.1, 0.15) is 57.7 Å². The van der Waals surface area contributed by atoms with Crippen LogP contribution in [0.5, 0.6) is 0 Å². The zero-order valence-electron chi connectivity index (χ0n) is 11.4. The molecule has 0 atom stereocenters. The number of para-hydroxylation sites is 2. The van der Waals surface area contributed by atoms with Crippen molar-refractivity contribution in [3.8, 4) is 0 Å². The molecule has 1 N–H and O–H groups in total. The number of aromatic nitrogens is 2. The first-order chi connectivity index (χ1) is 8.90. The van der Waals surface area contributed by atoms with Crippen LogP contribution >= 0.6 is 0 Å². The molecule has 0 bridgehead atoms. The van der Waals surface area contributed by atoms with Gasteiger partial charge in [0.05, 0.1) is 11.0 Å². The highest BCUT2D eigenvalue weighted by Crippen LogP contribution is 2.13. The quantitative estimate of drug-likeness (QED) is 0.660. The molecule has 1 aromatic heterocycles. The van der Waals surface area contributed by atoms with Crippen molar-refractivity contribution < 1.29 is 0 Å². The Morgan fingerprint density at radius 3 is 2.44 bits per heavy atom. The molecule has 0 unspecified atom stereocenters. The topological polar surface area (TPSA) is 28.7 Å². The number of aryl methyl sites for hydroxylation is 1. The van der Waals surface area contributed by atoms with E-state index in [1.165, 1.54) is 44.9 Å². The van der Waals surface area contributed by atoms with Gasteiger partial charge in [0.25, 0.3) is 0 Å². The fourth-order valence-electron chi connectivity index (χ4n) is 2.37. The van der Waals surface area contributed by atoms with Crippen molar-refractivity contribution >= 4 is 11.0 Å². The molecule has 0 radical (unpaired) electrons. The van der Waals surface area contributed by atoms with E-state index in [-0.39, 0.29) is 0 Å². The van der Waals surface area contributed by atoms with E-state index >= 15 is 0 Å². The fourth-order valence-corrected chi connectivity index (χ4v) is 2.37. The van der Waals surface area contributed by atoms with Crippen LogP contribution in [0, 0.1) is 0 Å². The second kappa shape index (κ2) is 7.20. The summed E-state index contributed by atoms with van der Waals surface area (Å²) in [5.74, 6) is 1.14. The van der Waals surface area contributed by atoms with Gasteiger partial charge in [0.2, 0.25) is 0 Å². The number of hydrogen-bond donors (Lipinski definition) is 1. The predicted molar refractivity (Wildman–Crippen MR) is 77.8 cm³/mol. The van der Waals surface area contributed by atoms with E-state index in [1.807, 2.05) is 6.07 Å². The highest BCUT2D eigenvalue weighted by Gasteiger charge is 2.01. The average molecular weight is 244 g/mol. The molecule has 2 rings (SSSR count). The molecule has 18 heavy (non-hydrogen) atoms. The van der Waals surface area contributed by atoms with Crippen LogP contribution in [0.25, 0.3) is 11.0 Å². The smallest absolute Gasteiger partial charge is 0.107 e. The number of fused-ring (bicyclic) bond motifs is 1. The summed E-state index contributed by atoms with van der Waals surface area (Å²) in [7, 11) is 0. The maximum atomic E-state index is 4.60. The second-order valence-corrected chi connectivity index (χ2v) is 5.07. The van der Waals surface area contributed by atoms with Crippen molar-refractivity contribution in [3.05, 3.63) is 30.1 Å². The van der Waals surface area contributed by atoms with Crippen LogP contribution in [-0.4, -0.2) is 9.97 Å². The van der Waals surface area contributed by atoms with E-state index in [2.05, 4.69) is 35.1 Å². The third-order valence-corrected chi connectivity index (χ3v) is 3.46. The van der Waals surface area contributed by atoms with Gasteiger partial charge in [-0.2, -0.15) is 0 Å². The molecule has 2 aromatic rings. The number of H-pyrrole nitrogens is 1. The summed E-state index contributed by atoms with van der Waals surface area (Å²) in [5, 5.41) is 0. The van der Waals surface area contributed by atoms with E-state index in [1.54, 1.807) is 0 Å². The lowest BCUT2D eigenvalue weighted by atomic mass is 10.1. The Hall–Kier alpha value is -1.31. The van der Waals surface area contributed by atoms with Crippen molar-refractivity contribution in [2.24, 2.45) is 0 Å². The number of nitrogens with one attached hydrogen (secondary N) is 1. The third-order valence-electron chi connectivity index (χ3n) is 3.46. The van der Waals surface area contributed by atoms with Gasteiger partial charge in [-0.15, -0.1) is 0 Å². The van der Waals surface area contributed by atoms with Gasteiger partial charge in [-0.25, -0.2) is 4.98 Å². The number of hydrogen-bond acceptors (Lipinski definition) is 1. The maximum absolute atomic E-state index is 4.60. The van der Waals surface area contributed by atoms with Gasteiger partial charge in [0.1, 0.15) is 5.82 Å². The van der Waals surface area contributed by atoms with Crippen molar-refractivity contribution in [3.63, 3.8) is 0 Å². The molecule has 0 aliphatic heterocycles. The summed E-state index contributed by atoms with van der Waals surface area (Å²) in [6, 6.07) is 8.26. The lowest BCUT2D eigenvalue weighted by Gasteiger charge is -1.99. The lowest BCUT2D eigenvalue weighted by Crippen LogP contribution is -1.88. The fraction of sp³-hybridized carbons (Fsp3) is 0.562. The Morgan fingerprint density at radius 2 is 1.67 bits per heavy atom. The van der Waals surface area contributed by atoms with Crippen LogP contribution < -0.4 is 0 Å². The van der Waals surface area contributed by atoms with Gasteiger partial charge in [-0.1, -0.05) is 57.6 Å². The Kier molecular flexibility index (Phi) is 5.25. The minimum absolute atomic E-state index is 1.09. The third kappa shape index (κ3) is 3.86. The number of rotatable bonds is 8. The molecule has 0 saturated heterocycles. The van der Waals surface area contributed by atoms with Gasteiger partial charge in [0.15, 0.2) is 0 Å². The zero-order valence-corrected chi connectivity index (χ0v) is 11.4. The van der Waals surface area contributed by atoms with Crippen LogP contribution in [0.4, 0.5) is 0 Å². The lowest BCUT2D eigenvalue weighted by molar-refractivity contribution is 0.585. The molecule has 2 heteroatoms. The van der Waals surface area contributed by atoms with E-state index < -0.39 is 0 Å². The molecule has 2 nitrogen and oxygen atoms in total. The predicted octanol–water partition coefficient (Wildman–Crippen LogP) is 4.86. The molecular formula is C16H24N2. The van der Waals surface area contributed by atoms with Crippen molar-refractivity contribution in [1.82, 2.24) is 9.97 Å². The van der Waals surface area contributed by atoms with E-state index in [0.29, 0.717) is 0 Å². The molecule has 0 amide bonds. The number of benzene rings is 1. The molecule has 0 aliphatic rings. The van der Waals surface area contributed by atoms with Gasteiger partial charge in [-0.3, -0.25) is 0 Å². The highest BCUT2D eigenvalue weighted by atomic mass is 14.9. The molecule has 1 aromatic carbocycles. The largest absolute Gasteiger partial charge is 0.342 e. The first-order valence-electron chi connectivity index (χ1n) is 7.34. The Bertz CT molecular complexity index is 426. The van der Waals surface area contributed by atoms with Gasteiger partial charge < -0.3 is 4.98 Å². The van der Waals surface area contributed by atoms with Gasteiger partial charge >= 0.3 is 0 Å². The van der Waals surface area contributed by atoms with Crippen LogP contribution in [0.3, 0.4) is 0 Å². The summed E-state index contributed by atoms with van der Waals surface area (Å²) >= 11 is 0. The first-order valence-corrected chi connectivity index (χ1v) is 7.34. The first kappa shape index (κ1) is 13.1. The van der Waals surface area contributed by atoms with E-state index in [4.69, 9.17) is 0 Å². The molecule has 0 aliphatic carbocycles. The van der Waals surface area contributed by atoms with Crippen molar-refractivity contribution in [2.45, 2.75) is 58.3 Å². The molecule has 0 spiro atoms. The molecular weight excluding hydrogens is 220 g/mol. The van der Waals surface area contributed by atoms with Crippen LogP contribution in [0.2, 0.25) is 0 Å². The van der Waals surface area contributed by atoms with Crippen LogP contribution in [-0.2, 0) is 6.42 Å². The Morgan fingerprint density at radius 1 is 0.944 bits per heavy atom. The highest BCUT2D eigenvalue weighted by molar-refractivity contribution is 5.74. The Balaban J connectivity index is 1.67. The van der Waals surface area contributed by atoms with E-state index in [9.17, 15) is 0 Å². The van der Waals surface area contributed by atoms with Gasteiger partial charge in [0, 0.05) is 6.42 Å². The number of imidazole rings is 1. The summed E-state index contributed by atoms with van der Waals surface area (Å²) in [6.45, 7) is 2.27. The summed E-state index contributed by atoms with van der Waals surface area (Å²) < 4.78 is 0. The SMILES string of the molecule is CCCCCCCCCc1nc2ccccc2[nH]1. The second-order valence-electron chi connectivity index (χ2n) is 5.07. The molecule has 1 heterocycles. The molecule has 0 saturated carbocycles. The standard InChI is InChI=1S/C16H24N2/c1-2-3-4-5-6-7-8-13-16-17-14-11-9-10-12-15(14)18-16/h9-12H,2-8,13H2,1H3,(H,17,18). The van der Waals surface area contributed by atoms with Crippen LogP contribution in [0.15, 0.2) is 24.3 Å². The van der Waals surface area contributed by atoms with Gasteiger partial charge in [-0.05, 0) is 18.6 Å². The van der Waals surface area contributed by atoms with Crippen molar-refractivity contribution in [2.75, 3.05) is 0 Å². The normalized spacial score (nSPS) is 11.2. The Labute approximate surface area is 110 Å². The van der Waals surface area contributed by atoms with Crippen molar-refractivity contribution in [1.29, 1.82) is 0 Å². The van der Waals surface area contributed by atoms with E-state index in [0.717, 1.165) is 23.3 Å². The minimum Gasteiger partial charge on any atom is -0.342 e. The minimum atomic E-state index is 1.09. The molecule has 0 fully saturated rings. The summed E-state index contributed by atoms with van der Waals surface area (Å²) in [5.41, 5.74) is 2.26. The number of aromatic amines is 1. The number of nitrogens with zero attached hydrogens (tertiary/aromatic N) is 1. The average Bonchev–Trinajstić information content (AvgIpc) is 2.80. The number of unbranched alkanes of at least 4 members (excludes halogenated alkanes) is 6. The molecule has 98 valence electrons. The summed E-state index contributed by atoms with van der Waals surface area (Å²) in [4.78, 5) is 8.00. The maximum Gasteiger partial charge on any atom is 0.107 e. The monoisotopic (exact) mass is 244 g/mol. The zero-order chi connectivity index (χ0) is 12.6.